The molecule has 0 heterocycles. The Labute approximate surface area is 142 Å². The lowest BCUT2D eigenvalue weighted by atomic mass is 10.2. The van der Waals surface area contributed by atoms with Crippen LogP contribution in [-0.2, 0) is 21.9 Å². The standard InChI is InChI=1S/C19H22O3S/c1-15(2)22-19(20)14-23-13-17-9-6-10-18(11-17)21-12-16-7-4-3-5-8-16/h3-11,15H,12-14H2,1-2H3. The highest BCUT2D eigenvalue weighted by atomic mass is 32.2. The van der Waals surface area contributed by atoms with Gasteiger partial charge < -0.3 is 9.47 Å². The fourth-order valence-electron chi connectivity index (χ4n) is 2.02. The Morgan fingerprint density at radius 3 is 2.52 bits per heavy atom. The van der Waals surface area contributed by atoms with Crippen LogP contribution in [0.3, 0.4) is 0 Å². The zero-order chi connectivity index (χ0) is 16.5. The zero-order valence-corrected chi connectivity index (χ0v) is 14.3. The molecular weight excluding hydrogens is 308 g/mol. The smallest absolute Gasteiger partial charge is 0.316 e. The largest absolute Gasteiger partial charge is 0.489 e. The van der Waals surface area contributed by atoms with Crippen molar-refractivity contribution < 1.29 is 14.3 Å². The molecule has 0 saturated heterocycles. The molecule has 0 N–H and O–H groups in total. The van der Waals surface area contributed by atoms with E-state index >= 15 is 0 Å². The first-order valence-corrected chi connectivity index (χ1v) is 8.82. The van der Waals surface area contributed by atoms with Gasteiger partial charge in [0.15, 0.2) is 0 Å². The fourth-order valence-corrected chi connectivity index (χ4v) is 2.77. The van der Waals surface area contributed by atoms with Gasteiger partial charge in [0.1, 0.15) is 12.4 Å². The van der Waals surface area contributed by atoms with Crippen LogP contribution in [0.25, 0.3) is 0 Å². The van der Waals surface area contributed by atoms with Crippen molar-refractivity contribution in [3.63, 3.8) is 0 Å². The Morgan fingerprint density at radius 1 is 1.04 bits per heavy atom. The van der Waals surface area contributed by atoms with Crippen molar-refractivity contribution in [2.24, 2.45) is 0 Å². The molecule has 0 aliphatic rings. The second-order valence-corrected chi connectivity index (χ2v) is 6.44. The molecule has 0 aromatic heterocycles. The van der Waals surface area contributed by atoms with E-state index in [1.807, 2.05) is 68.4 Å². The third kappa shape index (κ3) is 6.78. The SMILES string of the molecule is CC(C)OC(=O)CSCc1cccc(OCc2ccccc2)c1. The summed E-state index contributed by atoms with van der Waals surface area (Å²) in [4.78, 5) is 11.5. The van der Waals surface area contributed by atoms with Gasteiger partial charge in [-0.2, -0.15) is 0 Å². The van der Waals surface area contributed by atoms with Crippen LogP contribution in [0.5, 0.6) is 5.75 Å². The monoisotopic (exact) mass is 330 g/mol. The summed E-state index contributed by atoms with van der Waals surface area (Å²) in [5, 5.41) is 0. The third-order valence-electron chi connectivity index (χ3n) is 3.00. The van der Waals surface area contributed by atoms with Gasteiger partial charge in [-0.05, 0) is 37.1 Å². The van der Waals surface area contributed by atoms with E-state index in [-0.39, 0.29) is 12.1 Å². The molecule has 0 atom stereocenters. The van der Waals surface area contributed by atoms with Gasteiger partial charge >= 0.3 is 5.97 Å². The Hall–Kier alpha value is -1.94. The number of thioether (sulfide) groups is 1. The summed E-state index contributed by atoms with van der Waals surface area (Å²) < 4.78 is 10.9. The number of esters is 1. The van der Waals surface area contributed by atoms with E-state index < -0.39 is 0 Å². The van der Waals surface area contributed by atoms with Crippen molar-refractivity contribution in [1.82, 2.24) is 0 Å². The molecule has 23 heavy (non-hydrogen) atoms. The quantitative estimate of drug-likeness (QED) is 0.670. The van der Waals surface area contributed by atoms with E-state index in [0.717, 1.165) is 22.6 Å². The summed E-state index contributed by atoms with van der Waals surface area (Å²) in [5.41, 5.74) is 2.28. The van der Waals surface area contributed by atoms with Crippen molar-refractivity contribution in [3.8, 4) is 5.75 Å². The number of ether oxygens (including phenoxy) is 2. The number of hydrogen-bond donors (Lipinski definition) is 0. The van der Waals surface area contributed by atoms with Crippen LogP contribution < -0.4 is 4.74 Å². The Morgan fingerprint density at radius 2 is 1.78 bits per heavy atom. The van der Waals surface area contributed by atoms with Crippen molar-refractivity contribution in [3.05, 3.63) is 65.7 Å². The molecule has 122 valence electrons. The third-order valence-corrected chi connectivity index (χ3v) is 3.98. The van der Waals surface area contributed by atoms with Crippen LogP contribution in [0.15, 0.2) is 54.6 Å². The highest BCUT2D eigenvalue weighted by Crippen LogP contribution is 2.19. The van der Waals surface area contributed by atoms with E-state index in [4.69, 9.17) is 9.47 Å². The highest BCUT2D eigenvalue weighted by molar-refractivity contribution is 7.99. The van der Waals surface area contributed by atoms with Gasteiger partial charge in [-0.25, -0.2) is 0 Å². The molecule has 2 aromatic carbocycles. The minimum Gasteiger partial charge on any atom is -0.489 e. The van der Waals surface area contributed by atoms with Gasteiger partial charge in [-0.15, -0.1) is 11.8 Å². The van der Waals surface area contributed by atoms with E-state index in [0.29, 0.717) is 12.4 Å². The topological polar surface area (TPSA) is 35.5 Å². The maximum absolute atomic E-state index is 11.5. The average molecular weight is 330 g/mol. The average Bonchev–Trinajstić information content (AvgIpc) is 2.54. The van der Waals surface area contributed by atoms with Crippen LogP contribution in [0.2, 0.25) is 0 Å². The number of carbonyl (C=O) groups excluding carboxylic acids is 1. The van der Waals surface area contributed by atoms with Crippen molar-refractivity contribution in [2.45, 2.75) is 32.3 Å². The lowest BCUT2D eigenvalue weighted by molar-refractivity contribution is -0.144. The summed E-state index contributed by atoms with van der Waals surface area (Å²) >= 11 is 1.55. The normalized spacial score (nSPS) is 10.6. The Kier molecular flexibility index (Phi) is 7.01. The lowest BCUT2D eigenvalue weighted by Gasteiger charge is -2.09. The van der Waals surface area contributed by atoms with Crippen LogP contribution in [0, 0.1) is 0 Å². The molecule has 0 amide bonds. The summed E-state index contributed by atoms with van der Waals surface area (Å²) in [6.07, 6.45) is -0.0576. The molecule has 0 fully saturated rings. The van der Waals surface area contributed by atoms with E-state index in [1.165, 1.54) is 0 Å². The molecule has 0 spiro atoms. The first-order valence-electron chi connectivity index (χ1n) is 7.66. The molecule has 2 aromatic rings. The molecule has 0 radical (unpaired) electrons. The summed E-state index contributed by atoms with van der Waals surface area (Å²) in [5.74, 6) is 1.81. The first kappa shape index (κ1) is 17.4. The molecule has 2 rings (SSSR count). The van der Waals surface area contributed by atoms with Crippen molar-refractivity contribution in [2.75, 3.05) is 5.75 Å². The van der Waals surface area contributed by atoms with Gasteiger partial charge in [-0.1, -0.05) is 42.5 Å². The van der Waals surface area contributed by atoms with E-state index in [1.54, 1.807) is 11.8 Å². The molecular formula is C19H22O3S. The number of benzene rings is 2. The fraction of sp³-hybridized carbons (Fsp3) is 0.316. The van der Waals surface area contributed by atoms with Gasteiger partial charge in [0, 0.05) is 5.75 Å². The summed E-state index contributed by atoms with van der Waals surface area (Å²) in [6, 6.07) is 18.1. The number of hydrogen-bond acceptors (Lipinski definition) is 4. The predicted octanol–water partition coefficient (Wildman–Crippen LogP) is 4.45. The van der Waals surface area contributed by atoms with Crippen LogP contribution >= 0.6 is 11.8 Å². The minimum atomic E-state index is -0.165. The second-order valence-electron chi connectivity index (χ2n) is 5.45. The van der Waals surface area contributed by atoms with Gasteiger partial charge in [0.05, 0.1) is 11.9 Å². The van der Waals surface area contributed by atoms with Crippen LogP contribution in [0.4, 0.5) is 0 Å². The molecule has 0 unspecified atom stereocenters. The zero-order valence-electron chi connectivity index (χ0n) is 13.5. The van der Waals surface area contributed by atoms with Gasteiger partial charge in [0.2, 0.25) is 0 Å². The Balaban J connectivity index is 1.79. The van der Waals surface area contributed by atoms with Crippen LogP contribution in [-0.4, -0.2) is 17.8 Å². The van der Waals surface area contributed by atoms with Gasteiger partial charge in [0.25, 0.3) is 0 Å². The summed E-state index contributed by atoms with van der Waals surface area (Å²) in [6.45, 7) is 4.27. The molecule has 4 heteroatoms. The minimum absolute atomic E-state index is 0.0576. The maximum Gasteiger partial charge on any atom is 0.316 e. The van der Waals surface area contributed by atoms with Crippen molar-refractivity contribution in [1.29, 1.82) is 0 Å². The van der Waals surface area contributed by atoms with Gasteiger partial charge in [-0.3, -0.25) is 4.79 Å². The molecule has 0 aliphatic heterocycles. The second kappa shape index (κ2) is 9.26. The number of carbonyl (C=O) groups is 1. The molecule has 0 aliphatic carbocycles. The number of rotatable bonds is 8. The molecule has 0 bridgehead atoms. The van der Waals surface area contributed by atoms with Crippen molar-refractivity contribution >= 4 is 17.7 Å². The highest BCUT2D eigenvalue weighted by Gasteiger charge is 2.06. The maximum atomic E-state index is 11.5. The summed E-state index contributed by atoms with van der Waals surface area (Å²) in [7, 11) is 0. The van der Waals surface area contributed by atoms with E-state index in [9.17, 15) is 4.79 Å². The molecule has 3 nitrogen and oxygen atoms in total. The lowest BCUT2D eigenvalue weighted by Crippen LogP contribution is -2.13. The molecule has 0 saturated carbocycles. The first-order chi connectivity index (χ1) is 11.1. The van der Waals surface area contributed by atoms with E-state index in [2.05, 4.69) is 0 Å². The Bertz CT molecular complexity index is 611. The predicted molar refractivity (Wildman–Crippen MR) is 94.6 cm³/mol. The van der Waals surface area contributed by atoms with Crippen LogP contribution in [0.1, 0.15) is 25.0 Å².